The number of methoxy groups -OCH3 is 1. The third-order valence-corrected chi connectivity index (χ3v) is 4.23. The molecule has 2 aromatic rings. The Morgan fingerprint density at radius 2 is 2.10 bits per heavy atom. The zero-order valence-electron chi connectivity index (χ0n) is 12.7. The van der Waals surface area contributed by atoms with Crippen molar-refractivity contribution < 1.29 is 4.74 Å². The summed E-state index contributed by atoms with van der Waals surface area (Å²) in [7, 11) is 3.91. The van der Waals surface area contributed by atoms with E-state index in [0.717, 1.165) is 30.8 Å². The van der Waals surface area contributed by atoms with Gasteiger partial charge in [-0.3, -0.25) is 0 Å². The lowest BCUT2D eigenvalue weighted by Crippen LogP contribution is -2.27. The number of benzene rings is 2. The average Bonchev–Trinajstić information content (AvgIpc) is 2.53. The molecule has 0 radical (unpaired) electrons. The minimum atomic E-state index is 0.563. The second-order valence-corrected chi connectivity index (χ2v) is 5.67. The van der Waals surface area contributed by atoms with E-state index in [1.165, 1.54) is 22.3 Å². The average molecular weight is 282 g/mol. The molecule has 110 valence electrons. The molecule has 21 heavy (non-hydrogen) atoms. The Morgan fingerprint density at radius 1 is 1.24 bits per heavy atom. The highest BCUT2D eigenvalue weighted by atomic mass is 16.5. The van der Waals surface area contributed by atoms with Crippen LogP contribution in [0.1, 0.15) is 16.7 Å². The number of fused-ring (bicyclic) bond motifs is 1. The Labute approximate surface area is 126 Å². The van der Waals surface area contributed by atoms with E-state index in [4.69, 9.17) is 10.5 Å². The minimum absolute atomic E-state index is 0.563. The van der Waals surface area contributed by atoms with Crippen molar-refractivity contribution >= 4 is 0 Å². The van der Waals surface area contributed by atoms with Crippen LogP contribution in [0.4, 0.5) is 0 Å². The Morgan fingerprint density at radius 3 is 2.86 bits per heavy atom. The van der Waals surface area contributed by atoms with E-state index in [-0.39, 0.29) is 0 Å². The van der Waals surface area contributed by atoms with Crippen molar-refractivity contribution in [3.63, 3.8) is 0 Å². The summed E-state index contributed by atoms with van der Waals surface area (Å²) in [5.74, 6) is 0.951. The molecule has 0 fully saturated rings. The number of nitrogens with zero attached hydrogens (tertiary/aromatic N) is 1. The Kier molecular flexibility index (Phi) is 3.95. The van der Waals surface area contributed by atoms with Crippen LogP contribution in [-0.4, -0.2) is 25.6 Å². The molecule has 1 heterocycles. The fourth-order valence-electron chi connectivity index (χ4n) is 3.12. The van der Waals surface area contributed by atoms with E-state index in [9.17, 15) is 0 Å². The highest BCUT2D eigenvalue weighted by molar-refractivity contribution is 5.76. The Balaban J connectivity index is 2.17. The topological polar surface area (TPSA) is 38.5 Å². The van der Waals surface area contributed by atoms with Gasteiger partial charge < -0.3 is 15.4 Å². The molecule has 2 aromatic carbocycles. The first-order valence-electron chi connectivity index (χ1n) is 7.39. The van der Waals surface area contributed by atoms with Crippen molar-refractivity contribution in [1.82, 2.24) is 4.90 Å². The first kappa shape index (κ1) is 14.1. The van der Waals surface area contributed by atoms with E-state index >= 15 is 0 Å². The molecule has 1 aliphatic rings. The number of ether oxygens (including phenoxy) is 1. The fraction of sp³-hybridized carbons (Fsp3) is 0.333. The maximum Gasteiger partial charge on any atom is 0.126 e. The van der Waals surface area contributed by atoms with Crippen LogP contribution in [0.3, 0.4) is 0 Å². The van der Waals surface area contributed by atoms with Crippen LogP contribution in [-0.2, 0) is 19.5 Å². The standard InChI is InChI=1S/C18H22N2O/c1-20-9-8-16-15(12-20)6-7-17(21-2)18(16)14-5-3-4-13(10-14)11-19/h3-7,10H,8-9,11-12,19H2,1-2H3. The highest BCUT2D eigenvalue weighted by Gasteiger charge is 2.20. The molecule has 0 spiro atoms. The normalized spacial score (nSPS) is 14.8. The van der Waals surface area contributed by atoms with Crippen molar-refractivity contribution in [2.45, 2.75) is 19.5 Å². The molecule has 0 atom stereocenters. The van der Waals surface area contributed by atoms with Crippen LogP contribution < -0.4 is 10.5 Å². The molecule has 0 aliphatic carbocycles. The third-order valence-electron chi connectivity index (χ3n) is 4.23. The van der Waals surface area contributed by atoms with Crippen molar-refractivity contribution in [2.75, 3.05) is 20.7 Å². The van der Waals surface area contributed by atoms with Gasteiger partial charge in [-0.15, -0.1) is 0 Å². The highest BCUT2D eigenvalue weighted by Crippen LogP contribution is 2.37. The molecule has 3 rings (SSSR count). The van der Waals surface area contributed by atoms with Gasteiger partial charge in [-0.25, -0.2) is 0 Å². The number of rotatable bonds is 3. The smallest absolute Gasteiger partial charge is 0.126 e. The number of likely N-dealkylation sites (N-methyl/N-ethyl adjacent to an activating group) is 1. The first-order valence-corrected chi connectivity index (χ1v) is 7.39. The van der Waals surface area contributed by atoms with Gasteiger partial charge in [0.25, 0.3) is 0 Å². The van der Waals surface area contributed by atoms with Gasteiger partial charge in [-0.2, -0.15) is 0 Å². The van der Waals surface area contributed by atoms with Crippen molar-refractivity contribution in [3.8, 4) is 16.9 Å². The molecule has 1 aliphatic heterocycles. The van der Waals surface area contributed by atoms with Crippen LogP contribution in [0, 0.1) is 0 Å². The molecule has 3 nitrogen and oxygen atoms in total. The molecule has 3 heteroatoms. The van der Waals surface area contributed by atoms with Gasteiger partial charge in [-0.05, 0) is 47.9 Å². The largest absolute Gasteiger partial charge is 0.496 e. The van der Waals surface area contributed by atoms with Gasteiger partial charge in [0.15, 0.2) is 0 Å². The van der Waals surface area contributed by atoms with E-state index in [1.807, 2.05) is 0 Å². The summed E-state index contributed by atoms with van der Waals surface area (Å²) >= 11 is 0. The van der Waals surface area contributed by atoms with E-state index in [1.54, 1.807) is 7.11 Å². The molecule has 0 amide bonds. The van der Waals surface area contributed by atoms with Crippen LogP contribution in [0.2, 0.25) is 0 Å². The van der Waals surface area contributed by atoms with Gasteiger partial charge in [0, 0.05) is 25.2 Å². The minimum Gasteiger partial charge on any atom is -0.496 e. The summed E-state index contributed by atoms with van der Waals surface area (Å²) < 4.78 is 5.62. The van der Waals surface area contributed by atoms with E-state index in [0.29, 0.717) is 6.54 Å². The lowest BCUT2D eigenvalue weighted by Gasteiger charge is -2.28. The zero-order chi connectivity index (χ0) is 14.8. The molecular formula is C18H22N2O. The molecule has 2 N–H and O–H groups in total. The summed E-state index contributed by atoms with van der Waals surface area (Å²) in [5.41, 5.74) is 12.2. The van der Waals surface area contributed by atoms with E-state index in [2.05, 4.69) is 48.3 Å². The van der Waals surface area contributed by atoms with Crippen LogP contribution >= 0.6 is 0 Å². The second-order valence-electron chi connectivity index (χ2n) is 5.67. The summed E-state index contributed by atoms with van der Waals surface area (Å²) in [5, 5.41) is 0. The van der Waals surface area contributed by atoms with Crippen molar-refractivity contribution in [3.05, 3.63) is 53.1 Å². The number of hydrogen-bond acceptors (Lipinski definition) is 3. The Bertz CT molecular complexity index is 652. The monoisotopic (exact) mass is 282 g/mol. The summed E-state index contributed by atoms with van der Waals surface area (Å²) in [4.78, 5) is 2.36. The van der Waals surface area contributed by atoms with Gasteiger partial charge in [-0.1, -0.05) is 24.3 Å². The third kappa shape index (κ3) is 2.67. The van der Waals surface area contributed by atoms with E-state index < -0.39 is 0 Å². The lowest BCUT2D eigenvalue weighted by molar-refractivity contribution is 0.312. The summed E-state index contributed by atoms with van der Waals surface area (Å²) in [6, 6.07) is 12.7. The maximum absolute atomic E-state index is 5.79. The fourth-order valence-corrected chi connectivity index (χ4v) is 3.12. The lowest BCUT2D eigenvalue weighted by atomic mass is 9.89. The van der Waals surface area contributed by atoms with Crippen LogP contribution in [0.25, 0.3) is 11.1 Å². The van der Waals surface area contributed by atoms with Gasteiger partial charge in [0.1, 0.15) is 5.75 Å². The summed E-state index contributed by atoms with van der Waals surface area (Å²) in [6.07, 6.45) is 1.06. The molecule has 0 bridgehead atoms. The van der Waals surface area contributed by atoms with Gasteiger partial charge in [0.2, 0.25) is 0 Å². The maximum atomic E-state index is 5.79. The molecule has 0 saturated heterocycles. The van der Waals surface area contributed by atoms with Crippen molar-refractivity contribution in [2.24, 2.45) is 5.73 Å². The second kappa shape index (κ2) is 5.88. The number of nitrogens with two attached hydrogens (primary N) is 1. The molecule has 0 saturated carbocycles. The van der Waals surface area contributed by atoms with Crippen LogP contribution in [0.15, 0.2) is 36.4 Å². The van der Waals surface area contributed by atoms with Crippen molar-refractivity contribution in [1.29, 1.82) is 0 Å². The summed E-state index contributed by atoms with van der Waals surface area (Å²) in [6.45, 7) is 2.65. The van der Waals surface area contributed by atoms with Gasteiger partial charge in [0.05, 0.1) is 7.11 Å². The molecule has 0 unspecified atom stereocenters. The predicted octanol–water partition coefficient (Wildman–Crippen LogP) is 2.81. The number of hydrogen-bond donors (Lipinski definition) is 1. The zero-order valence-corrected chi connectivity index (χ0v) is 12.7. The predicted molar refractivity (Wildman–Crippen MR) is 86.4 cm³/mol. The quantitative estimate of drug-likeness (QED) is 0.941. The van der Waals surface area contributed by atoms with Crippen LogP contribution in [0.5, 0.6) is 5.75 Å². The SMILES string of the molecule is COc1ccc2c(c1-c1cccc(CN)c1)CCN(C)C2. The molecular weight excluding hydrogens is 260 g/mol. The Hall–Kier alpha value is -1.84. The first-order chi connectivity index (χ1) is 10.2. The molecule has 0 aromatic heterocycles. The van der Waals surface area contributed by atoms with Gasteiger partial charge >= 0.3 is 0 Å².